The number of hydrogen-bond donors (Lipinski definition) is 1. The zero-order valence-corrected chi connectivity index (χ0v) is 14.4. The lowest BCUT2D eigenvalue weighted by atomic mass is 10.1. The molecular weight excluding hydrogens is 330 g/mol. The Bertz CT molecular complexity index is 966. The first-order chi connectivity index (χ1) is 12.6. The van der Waals surface area contributed by atoms with Crippen molar-refractivity contribution in [2.45, 2.75) is 6.42 Å². The van der Waals surface area contributed by atoms with Crippen LogP contribution in [0.4, 0.5) is 5.82 Å². The number of likely N-dealkylation sites (tertiary alicyclic amines) is 1. The van der Waals surface area contributed by atoms with Gasteiger partial charge in [-0.05, 0) is 36.8 Å². The van der Waals surface area contributed by atoms with Gasteiger partial charge in [0, 0.05) is 31.9 Å². The molecule has 0 unspecified atom stereocenters. The third-order valence-electron chi connectivity index (χ3n) is 4.73. The van der Waals surface area contributed by atoms with Gasteiger partial charge in [-0.15, -0.1) is 0 Å². The van der Waals surface area contributed by atoms with Gasteiger partial charge in [0.1, 0.15) is 5.82 Å². The highest BCUT2D eigenvalue weighted by atomic mass is 16.2. The van der Waals surface area contributed by atoms with Crippen molar-refractivity contribution in [1.29, 1.82) is 0 Å². The van der Waals surface area contributed by atoms with Crippen LogP contribution >= 0.6 is 0 Å². The highest BCUT2D eigenvalue weighted by Gasteiger charge is 2.31. The predicted octanol–water partition coefficient (Wildman–Crippen LogP) is 2.07. The highest BCUT2D eigenvalue weighted by Crippen LogP contribution is 2.22. The lowest BCUT2D eigenvalue weighted by Crippen LogP contribution is -2.31. The number of aryl methyl sites for hydroxylation is 1. The summed E-state index contributed by atoms with van der Waals surface area (Å²) in [5.74, 6) is 0.146. The summed E-state index contributed by atoms with van der Waals surface area (Å²) in [5, 5.41) is 2.81. The van der Waals surface area contributed by atoms with Gasteiger partial charge in [-0.1, -0.05) is 6.07 Å². The molecule has 0 bridgehead atoms. The van der Waals surface area contributed by atoms with Crippen LogP contribution < -0.4 is 5.32 Å². The van der Waals surface area contributed by atoms with Crippen molar-refractivity contribution in [3.63, 3.8) is 0 Å². The maximum atomic E-state index is 12.8. The topological polar surface area (TPSA) is 80.1 Å². The number of nitrogens with zero attached hydrogens (tertiary/aromatic N) is 4. The van der Waals surface area contributed by atoms with Crippen molar-refractivity contribution in [3.8, 4) is 0 Å². The SMILES string of the molecule is Cn1cnc2cc(C(=O)N3CC[C@@H](C(=O)Nc4ccccn4)C3)ccc21. The van der Waals surface area contributed by atoms with E-state index in [0.29, 0.717) is 30.9 Å². The quantitative estimate of drug-likeness (QED) is 0.785. The van der Waals surface area contributed by atoms with Gasteiger partial charge >= 0.3 is 0 Å². The first kappa shape index (κ1) is 16.3. The van der Waals surface area contributed by atoms with E-state index >= 15 is 0 Å². The number of carbonyl (C=O) groups is 2. The lowest BCUT2D eigenvalue weighted by Gasteiger charge is -2.16. The van der Waals surface area contributed by atoms with Gasteiger partial charge in [-0.3, -0.25) is 9.59 Å². The smallest absolute Gasteiger partial charge is 0.253 e. The van der Waals surface area contributed by atoms with Crippen LogP contribution in [-0.4, -0.2) is 44.3 Å². The third kappa shape index (κ3) is 3.03. The minimum absolute atomic E-state index is 0.0642. The highest BCUT2D eigenvalue weighted by molar-refractivity contribution is 5.98. The number of fused-ring (bicyclic) bond motifs is 1. The minimum atomic E-state index is -0.223. The van der Waals surface area contributed by atoms with Crippen molar-refractivity contribution in [3.05, 3.63) is 54.5 Å². The van der Waals surface area contributed by atoms with Crippen LogP contribution in [0.25, 0.3) is 11.0 Å². The molecule has 7 nitrogen and oxygen atoms in total. The third-order valence-corrected chi connectivity index (χ3v) is 4.73. The average Bonchev–Trinajstić information content (AvgIpc) is 3.29. The van der Waals surface area contributed by atoms with E-state index in [1.807, 2.05) is 29.8 Å². The van der Waals surface area contributed by atoms with Crippen LogP contribution in [-0.2, 0) is 11.8 Å². The van der Waals surface area contributed by atoms with E-state index in [1.165, 1.54) is 0 Å². The molecule has 0 spiro atoms. The fraction of sp³-hybridized carbons (Fsp3) is 0.263. The van der Waals surface area contributed by atoms with Crippen LogP contribution in [0.15, 0.2) is 48.9 Å². The molecule has 1 N–H and O–H groups in total. The largest absolute Gasteiger partial charge is 0.338 e. The number of benzene rings is 1. The molecule has 3 aromatic rings. The maximum absolute atomic E-state index is 12.8. The molecule has 3 heterocycles. The van der Waals surface area contributed by atoms with Crippen molar-refractivity contribution in [1.82, 2.24) is 19.4 Å². The Morgan fingerprint density at radius 2 is 2.08 bits per heavy atom. The molecule has 26 heavy (non-hydrogen) atoms. The van der Waals surface area contributed by atoms with Crippen LogP contribution in [0.2, 0.25) is 0 Å². The molecule has 0 radical (unpaired) electrons. The molecule has 1 aliphatic heterocycles. The summed E-state index contributed by atoms with van der Waals surface area (Å²) in [6.45, 7) is 0.983. The van der Waals surface area contributed by atoms with Gasteiger partial charge in [0.25, 0.3) is 5.91 Å². The van der Waals surface area contributed by atoms with E-state index in [4.69, 9.17) is 0 Å². The molecule has 4 rings (SSSR count). The number of pyridine rings is 1. The Kier molecular flexibility index (Phi) is 4.12. The number of aromatic nitrogens is 3. The summed E-state index contributed by atoms with van der Waals surface area (Å²) in [6.07, 6.45) is 4.01. The molecule has 1 saturated heterocycles. The number of imidazole rings is 1. The summed E-state index contributed by atoms with van der Waals surface area (Å²) >= 11 is 0. The molecule has 1 aromatic carbocycles. The molecular formula is C19H19N5O2. The molecule has 1 atom stereocenters. The zero-order chi connectivity index (χ0) is 18.1. The Balaban J connectivity index is 1.43. The van der Waals surface area contributed by atoms with E-state index in [2.05, 4.69) is 15.3 Å². The van der Waals surface area contributed by atoms with E-state index < -0.39 is 0 Å². The van der Waals surface area contributed by atoms with Gasteiger partial charge in [0.15, 0.2) is 0 Å². The number of amides is 2. The summed E-state index contributed by atoms with van der Waals surface area (Å²) in [4.78, 5) is 35.3. The van der Waals surface area contributed by atoms with E-state index in [0.717, 1.165) is 11.0 Å². The van der Waals surface area contributed by atoms with Crippen molar-refractivity contribution < 1.29 is 9.59 Å². The summed E-state index contributed by atoms with van der Waals surface area (Å²) in [7, 11) is 1.92. The first-order valence-corrected chi connectivity index (χ1v) is 8.54. The summed E-state index contributed by atoms with van der Waals surface area (Å²) < 4.78 is 1.91. The van der Waals surface area contributed by atoms with Crippen molar-refractivity contribution >= 4 is 28.7 Å². The van der Waals surface area contributed by atoms with Crippen LogP contribution in [0, 0.1) is 5.92 Å². The zero-order valence-electron chi connectivity index (χ0n) is 14.4. The fourth-order valence-electron chi connectivity index (χ4n) is 3.28. The van der Waals surface area contributed by atoms with Crippen molar-refractivity contribution in [2.24, 2.45) is 13.0 Å². The average molecular weight is 349 g/mol. The second kappa shape index (κ2) is 6.59. The second-order valence-electron chi connectivity index (χ2n) is 6.50. The lowest BCUT2D eigenvalue weighted by molar-refractivity contribution is -0.119. The van der Waals surface area contributed by atoms with E-state index in [1.54, 1.807) is 35.6 Å². The van der Waals surface area contributed by atoms with Crippen LogP contribution in [0.1, 0.15) is 16.8 Å². The maximum Gasteiger partial charge on any atom is 0.253 e. The number of rotatable bonds is 3. The second-order valence-corrected chi connectivity index (χ2v) is 6.50. The van der Waals surface area contributed by atoms with Gasteiger partial charge in [0.2, 0.25) is 5.91 Å². The molecule has 1 fully saturated rings. The van der Waals surface area contributed by atoms with Gasteiger partial charge in [-0.25, -0.2) is 9.97 Å². The molecule has 132 valence electrons. The molecule has 1 aliphatic rings. The number of carbonyl (C=O) groups excluding carboxylic acids is 2. The van der Waals surface area contributed by atoms with Gasteiger partial charge in [0.05, 0.1) is 23.3 Å². The molecule has 2 aromatic heterocycles. The molecule has 0 aliphatic carbocycles. The normalized spacial score (nSPS) is 16.8. The minimum Gasteiger partial charge on any atom is -0.338 e. The standard InChI is InChI=1S/C19H19N5O2/c1-23-12-21-15-10-13(5-6-16(15)23)19(26)24-9-7-14(11-24)18(25)22-17-4-2-3-8-20-17/h2-6,8,10,12,14H,7,9,11H2,1H3,(H,20,22,25)/t14-/m1/s1. The van der Waals surface area contributed by atoms with E-state index in [9.17, 15) is 9.59 Å². The van der Waals surface area contributed by atoms with Gasteiger partial charge in [-0.2, -0.15) is 0 Å². The van der Waals surface area contributed by atoms with Crippen LogP contribution in [0.5, 0.6) is 0 Å². The van der Waals surface area contributed by atoms with E-state index in [-0.39, 0.29) is 17.7 Å². The first-order valence-electron chi connectivity index (χ1n) is 8.54. The van der Waals surface area contributed by atoms with Crippen molar-refractivity contribution in [2.75, 3.05) is 18.4 Å². The van der Waals surface area contributed by atoms with Crippen LogP contribution in [0.3, 0.4) is 0 Å². The number of hydrogen-bond acceptors (Lipinski definition) is 4. The molecule has 0 saturated carbocycles. The molecule has 2 amide bonds. The Labute approximate surface area is 150 Å². The number of anilines is 1. The van der Waals surface area contributed by atoms with Gasteiger partial charge < -0.3 is 14.8 Å². The Morgan fingerprint density at radius 3 is 2.88 bits per heavy atom. The summed E-state index contributed by atoms with van der Waals surface area (Å²) in [6, 6.07) is 10.9. The fourth-order valence-corrected chi connectivity index (χ4v) is 3.28. The Morgan fingerprint density at radius 1 is 1.19 bits per heavy atom. The molecule has 7 heteroatoms. The monoisotopic (exact) mass is 349 g/mol. The predicted molar refractivity (Wildman–Crippen MR) is 97.6 cm³/mol. The summed E-state index contributed by atoms with van der Waals surface area (Å²) in [5.41, 5.74) is 2.37. The Hall–Kier alpha value is -3.22. The number of nitrogens with one attached hydrogen (secondary N) is 1.